The maximum absolute atomic E-state index is 11.4. The number of carboxylic acids is 1. The van der Waals surface area contributed by atoms with Crippen LogP contribution >= 0.6 is 0 Å². The van der Waals surface area contributed by atoms with Crippen LogP contribution in [0.3, 0.4) is 0 Å². The Morgan fingerprint density at radius 2 is 2.12 bits per heavy atom. The lowest BCUT2D eigenvalue weighted by Gasteiger charge is -2.18. The van der Waals surface area contributed by atoms with E-state index in [2.05, 4.69) is 5.32 Å². The van der Waals surface area contributed by atoms with Crippen molar-refractivity contribution in [3.05, 3.63) is 17.9 Å². The number of likely N-dealkylation sites (N-methyl/N-ethyl adjacent to an activating group) is 2. The molecule has 1 rings (SSSR count). The van der Waals surface area contributed by atoms with Crippen LogP contribution in [0.1, 0.15) is 24.4 Å². The molecule has 0 atom stereocenters. The molecule has 0 unspecified atom stereocenters. The third kappa shape index (κ3) is 3.51. The van der Waals surface area contributed by atoms with E-state index in [9.17, 15) is 9.59 Å². The van der Waals surface area contributed by atoms with Gasteiger partial charge in [0.25, 0.3) is 0 Å². The molecular weight excluding hydrogens is 224 g/mol. The molecule has 0 saturated carbocycles. The number of furan rings is 1. The smallest absolute Gasteiger partial charge is 0.371 e. The minimum absolute atomic E-state index is 0.123. The van der Waals surface area contributed by atoms with E-state index in [4.69, 9.17) is 9.52 Å². The first-order valence-corrected chi connectivity index (χ1v) is 5.43. The molecule has 0 aliphatic rings. The van der Waals surface area contributed by atoms with Gasteiger partial charge in [0, 0.05) is 19.2 Å². The van der Waals surface area contributed by atoms with Crippen LogP contribution in [-0.2, 0) is 4.79 Å². The van der Waals surface area contributed by atoms with Gasteiger partial charge in [-0.2, -0.15) is 0 Å². The summed E-state index contributed by atoms with van der Waals surface area (Å²) in [4.78, 5) is 23.7. The molecule has 0 bridgehead atoms. The number of amides is 1. The van der Waals surface area contributed by atoms with Crippen molar-refractivity contribution in [2.75, 3.05) is 24.5 Å². The van der Waals surface area contributed by atoms with Crippen molar-refractivity contribution in [2.45, 2.75) is 13.8 Å². The zero-order valence-corrected chi connectivity index (χ0v) is 9.90. The Kier molecular flexibility index (Phi) is 4.56. The highest BCUT2D eigenvalue weighted by atomic mass is 16.4. The zero-order valence-electron chi connectivity index (χ0n) is 9.90. The maximum atomic E-state index is 11.4. The Morgan fingerprint density at radius 3 is 2.59 bits per heavy atom. The Morgan fingerprint density at radius 1 is 1.41 bits per heavy atom. The Balaban J connectivity index is 2.72. The van der Waals surface area contributed by atoms with Crippen LogP contribution in [0.2, 0.25) is 0 Å². The summed E-state index contributed by atoms with van der Waals surface area (Å²) in [5.41, 5.74) is 0. The maximum Gasteiger partial charge on any atom is 0.371 e. The molecule has 0 aliphatic heterocycles. The lowest BCUT2D eigenvalue weighted by Crippen LogP contribution is -2.36. The first-order valence-electron chi connectivity index (χ1n) is 5.43. The molecular formula is C11H16N2O4. The van der Waals surface area contributed by atoms with E-state index in [1.165, 1.54) is 6.07 Å². The minimum atomic E-state index is -1.12. The van der Waals surface area contributed by atoms with Crippen LogP contribution in [0.25, 0.3) is 0 Å². The molecule has 6 heteroatoms. The van der Waals surface area contributed by atoms with Gasteiger partial charge in [-0.05, 0) is 19.9 Å². The number of rotatable bonds is 6. The SMILES string of the molecule is CCNC(=O)CN(CC)c1ccc(C(=O)O)o1. The van der Waals surface area contributed by atoms with E-state index in [1.54, 1.807) is 11.0 Å². The van der Waals surface area contributed by atoms with Crippen molar-refractivity contribution in [1.29, 1.82) is 0 Å². The third-order valence-electron chi connectivity index (χ3n) is 2.20. The number of hydrogen-bond donors (Lipinski definition) is 2. The molecule has 94 valence electrons. The summed E-state index contributed by atoms with van der Waals surface area (Å²) in [6.07, 6.45) is 0. The first kappa shape index (κ1) is 13.1. The summed E-state index contributed by atoms with van der Waals surface area (Å²) >= 11 is 0. The van der Waals surface area contributed by atoms with E-state index in [1.807, 2.05) is 13.8 Å². The van der Waals surface area contributed by atoms with Gasteiger partial charge in [0.2, 0.25) is 11.7 Å². The molecule has 0 saturated heterocycles. The number of hydrogen-bond acceptors (Lipinski definition) is 4. The molecule has 1 aromatic heterocycles. The highest BCUT2D eigenvalue weighted by Crippen LogP contribution is 2.18. The van der Waals surface area contributed by atoms with Gasteiger partial charge in [-0.15, -0.1) is 0 Å². The molecule has 1 heterocycles. The van der Waals surface area contributed by atoms with Gasteiger partial charge in [-0.1, -0.05) is 0 Å². The molecule has 0 radical (unpaired) electrons. The monoisotopic (exact) mass is 240 g/mol. The molecule has 0 aromatic carbocycles. The number of nitrogens with zero attached hydrogens (tertiary/aromatic N) is 1. The van der Waals surface area contributed by atoms with Gasteiger partial charge in [0.15, 0.2) is 5.88 Å². The molecule has 1 aromatic rings. The number of nitrogens with one attached hydrogen (secondary N) is 1. The van der Waals surface area contributed by atoms with Crippen molar-refractivity contribution < 1.29 is 19.1 Å². The quantitative estimate of drug-likeness (QED) is 0.773. The molecule has 0 aliphatic carbocycles. The Hall–Kier alpha value is -1.98. The molecule has 17 heavy (non-hydrogen) atoms. The predicted octanol–water partition coefficient (Wildman–Crippen LogP) is 0.940. The van der Waals surface area contributed by atoms with Gasteiger partial charge in [-0.25, -0.2) is 4.79 Å². The van der Waals surface area contributed by atoms with Crippen LogP contribution in [0.15, 0.2) is 16.5 Å². The van der Waals surface area contributed by atoms with E-state index in [-0.39, 0.29) is 18.2 Å². The molecule has 0 spiro atoms. The number of carbonyl (C=O) groups excluding carboxylic acids is 1. The summed E-state index contributed by atoms with van der Waals surface area (Å²) in [5.74, 6) is -0.988. The topological polar surface area (TPSA) is 82.8 Å². The fraction of sp³-hybridized carbons (Fsp3) is 0.455. The number of aromatic carboxylic acids is 1. The normalized spacial score (nSPS) is 10.0. The number of carbonyl (C=O) groups is 2. The second-order valence-electron chi connectivity index (χ2n) is 3.41. The molecule has 6 nitrogen and oxygen atoms in total. The van der Waals surface area contributed by atoms with Crippen LogP contribution in [0.4, 0.5) is 5.88 Å². The van der Waals surface area contributed by atoms with E-state index >= 15 is 0 Å². The van der Waals surface area contributed by atoms with Crippen molar-refractivity contribution in [1.82, 2.24) is 5.32 Å². The molecule has 2 N–H and O–H groups in total. The Labute approximate surface area is 99.2 Å². The highest BCUT2D eigenvalue weighted by Gasteiger charge is 2.15. The van der Waals surface area contributed by atoms with Crippen LogP contribution in [-0.4, -0.2) is 36.6 Å². The standard InChI is InChI=1S/C11H16N2O4/c1-3-12-9(14)7-13(4-2)10-6-5-8(17-10)11(15)16/h5-6H,3-4,7H2,1-2H3,(H,12,14)(H,15,16). The summed E-state index contributed by atoms with van der Waals surface area (Å²) in [6, 6.07) is 2.92. The summed E-state index contributed by atoms with van der Waals surface area (Å²) < 4.78 is 5.12. The van der Waals surface area contributed by atoms with Gasteiger partial charge >= 0.3 is 5.97 Å². The van der Waals surface area contributed by atoms with Crippen molar-refractivity contribution in [2.24, 2.45) is 0 Å². The summed E-state index contributed by atoms with van der Waals surface area (Å²) in [5, 5.41) is 11.4. The molecule has 0 fully saturated rings. The average Bonchev–Trinajstić information content (AvgIpc) is 2.75. The van der Waals surface area contributed by atoms with Gasteiger partial charge in [-0.3, -0.25) is 4.79 Å². The fourth-order valence-electron chi connectivity index (χ4n) is 1.38. The first-order chi connectivity index (χ1) is 8.08. The van der Waals surface area contributed by atoms with Gasteiger partial charge in [0.05, 0.1) is 6.54 Å². The second kappa shape index (κ2) is 5.93. The van der Waals surface area contributed by atoms with Crippen molar-refractivity contribution in [3.63, 3.8) is 0 Å². The zero-order chi connectivity index (χ0) is 12.8. The lowest BCUT2D eigenvalue weighted by molar-refractivity contribution is -0.119. The van der Waals surface area contributed by atoms with E-state index in [0.29, 0.717) is 19.0 Å². The van der Waals surface area contributed by atoms with Gasteiger partial charge < -0.3 is 19.7 Å². The molecule has 1 amide bonds. The van der Waals surface area contributed by atoms with E-state index < -0.39 is 5.97 Å². The lowest BCUT2D eigenvalue weighted by atomic mass is 10.4. The van der Waals surface area contributed by atoms with Crippen LogP contribution < -0.4 is 10.2 Å². The van der Waals surface area contributed by atoms with E-state index in [0.717, 1.165) is 0 Å². The number of carboxylic acid groups (broad SMARTS) is 1. The minimum Gasteiger partial charge on any atom is -0.475 e. The number of anilines is 1. The third-order valence-corrected chi connectivity index (χ3v) is 2.20. The highest BCUT2D eigenvalue weighted by molar-refractivity contribution is 5.85. The predicted molar refractivity (Wildman–Crippen MR) is 62.2 cm³/mol. The summed E-state index contributed by atoms with van der Waals surface area (Å²) in [7, 11) is 0. The Bertz CT molecular complexity index is 400. The summed E-state index contributed by atoms with van der Waals surface area (Å²) in [6.45, 7) is 4.97. The van der Waals surface area contributed by atoms with Gasteiger partial charge in [0.1, 0.15) is 0 Å². The van der Waals surface area contributed by atoms with Crippen LogP contribution in [0, 0.1) is 0 Å². The van der Waals surface area contributed by atoms with Crippen molar-refractivity contribution >= 4 is 17.8 Å². The second-order valence-corrected chi connectivity index (χ2v) is 3.41. The van der Waals surface area contributed by atoms with Crippen molar-refractivity contribution in [3.8, 4) is 0 Å². The van der Waals surface area contributed by atoms with Crippen LogP contribution in [0.5, 0.6) is 0 Å². The average molecular weight is 240 g/mol. The fourth-order valence-corrected chi connectivity index (χ4v) is 1.38. The largest absolute Gasteiger partial charge is 0.475 e.